The molecule has 2 heterocycles. The Labute approximate surface area is 147 Å². The fraction of sp³-hybridized carbons (Fsp3) is 0.529. The second-order valence-corrected chi connectivity index (χ2v) is 6.38. The van der Waals surface area contributed by atoms with Crippen molar-refractivity contribution >= 4 is 6.03 Å². The van der Waals surface area contributed by atoms with Gasteiger partial charge < -0.3 is 19.9 Å². The Balaban J connectivity index is 1.49. The molecule has 0 radical (unpaired) electrons. The topological polar surface area (TPSA) is 94.0 Å². The number of urea groups is 1. The normalized spacial score (nSPS) is 15.8. The highest BCUT2D eigenvalue weighted by Gasteiger charge is 2.17. The summed E-state index contributed by atoms with van der Waals surface area (Å²) in [4.78, 5) is 16.3. The van der Waals surface area contributed by atoms with Gasteiger partial charge in [-0.05, 0) is 44.2 Å². The third kappa shape index (κ3) is 4.68. The van der Waals surface area contributed by atoms with E-state index in [-0.39, 0.29) is 18.2 Å². The summed E-state index contributed by atoms with van der Waals surface area (Å²) in [7, 11) is 1.84. The fourth-order valence-corrected chi connectivity index (χ4v) is 2.98. The van der Waals surface area contributed by atoms with Crippen LogP contribution in [0.5, 0.6) is 5.88 Å². The molecule has 0 spiro atoms. The molecule has 0 unspecified atom stereocenters. The molecular formula is C17H24N6O2. The Kier molecular flexibility index (Phi) is 5.47. The van der Waals surface area contributed by atoms with Gasteiger partial charge >= 0.3 is 6.03 Å². The smallest absolute Gasteiger partial charge is 0.315 e. The van der Waals surface area contributed by atoms with Crippen molar-refractivity contribution in [2.45, 2.75) is 51.3 Å². The highest BCUT2D eigenvalue weighted by atomic mass is 16.5. The van der Waals surface area contributed by atoms with Crippen LogP contribution in [0.4, 0.5) is 4.79 Å². The van der Waals surface area contributed by atoms with Gasteiger partial charge in [-0.3, -0.25) is 0 Å². The Hall–Kier alpha value is -2.64. The first-order chi connectivity index (χ1) is 12.1. The predicted octanol–water partition coefficient (Wildman–Crippen LogP) is 2.09. The van der Waals surface area contributed by atoms with Gasteiger partial charge in [0.15, 0.2) is 5.82 Å². The summed E-state index contributed by atoms with van der Waals surface area (Å²) >= 11 is 0. The minimum absolute atomic E-state index is 0.230. The van der Waals surface area contributed by atoms with E-state index in [0.29, 0.717) is 18.2 Å². The van der Waals surface area contributed by atoms with Crippen molar-refractivity contribution in [3.63, 3.8) is 0 Å². The van der Waals surface area contributed by atoms with E-state index < -0.39 is 0 Å². The molecule has 134 valence electrons. The molecule has 1 saturated carbocycles. The van der Waals surface area contributed by atoms with Crippen molar-refractivity contribution in [1.29, 1.82) is 0 Å². The Morgan fingerprint density at radius 1 is 1.44 bits per heavy atom. The summed E-state index contributed by atoms with van der Waals surface area (Å²) in [6.45, 7) is 2.27. The van der Waals surface area contributed by atoms with Crippen molar-refractivity contribution in [3.05, 3.63) is 36.0 Å². The SMILES string of the molecule is C[C@@H](NC(=O)NCc1ccnc(OC2CCCC2)c1)c1nncn1C. The maximum absolute atomic E-state index is 12.1. The minimum Gasteiger partial charge on any atom is -0.474 e. The van der Waals surface area contributed by atoms with Crippen LogP contribution in [0, 0.1) is 0 Å². The first-order valence-corrected chi connectivity index (χ1v) is 8.61. The maximum atomic E-state index is 12.1. The quantitative estimate of drug-likeness (QED) is 0.837. The summed E-state index contributed by atoms with van der Waals surface area (Å²) in [5, 5.41) is 13.5. The van der Waals surface area contributed by atoms with Crippen molar-refractivity contribution < 1.29 is 9.53 Å². The van der Waals surface area contributed by atoms with Crippen LogP contribution in [-0.4, -0.2) is 31.9 Å². The number of ether oxygens (including phenoxy) is 1. The summed E-state index contributed by atoms with van der Waals surface area (Å²) in [5.41, 5.74) is 0.949. The number of aryl methyl sites for hydroxylation is 1. The molecule has 25 heavy (non-hydrogen) atoms. The van der Waals surface area contributed by atoms with Gasteiger partial charge in [0, 0.05) is 25.9 Å². The Morgan fingerprint density at radius 3 is 2.96 bits per heavy atom. The number of carbonyl (C=O) groups excluding carboxylic acids is 1. The molecule has 0 aromatic carbocycles. The summed E-state index contributed by atoms with van der Waals surface area (Å²) in [5.74, 6) is 1.32. The third-order valence-corrected chi connectivity index (χ3v) is 4.32. The number of carbonyl (C=O) groups is 1. The second-order valence-electron chi connectivity index (χ2n) is 6.38. The lowest BCUT2D eigenvalue weighted by Gasteiger charge is -2.15. The van der Waals surface area contributed by atoms with E-state index in [9.17, 15) is 4.79 Å². The fourth-order valence-electron chi connectivity index (χ4n) is 2.98. The predicted molar refractivity (Wildman–Crippen MR) is 91.9 cm³/mol. The number of hydrogen-bond acceptors (Lipinski definition) is 5. The molecule has 1 atom stereocenters. The molecule has 2 amide bonds. The Morgan fingerprint density at radius 2 is 2.24 bits per heavy atom. The van der Waals surface area contributed by atoms with E-state index in [0.717, 1.165) is 18.4 Å². The standard InChI is InChI=1S/C17H24N6O2/c1-12(16-22-20-11-23(16)2)21-17(24)19-10-13-7-8-18-15(9-13)25-14-5-3-4-6-14/h7-9,11-12,14H,3-6,10H2,1-2H3,(H2,19,21,24)/t12-/m1/s1. The number of nitrogens with zero attached hydrogens (tertiary/aromatic N) is 4. The molecule has 2 aromatic rings. The molecule has 3 rings (SSSR count). The van der Waals surface area contributed by atoms with Gasteiger partial charge in [-0.25, -0.2) is 9.78 Å². The molecule has 0 aliphatic heterocycles. The van der Waals surface area contributed by atoms with E-state index in [2.05, 4.69) is 25.8 Å². The molecule has 2 aromatic heterocycles. The van der Waals surface area contributed by atoms with Crippen LogP contribution in [0.2, 0.25) is 0 Å². The molecule has 8 heteroatoms. The summed E-state index contributed by atoms with van der Waals surface area (Å²) in [6, 6.07) is 3.26. The van der Waals surface area contributed by atoms with Gasteiger partial charge in [0.25, 0.3) is 0 Å². The molecule has 1 fully saturated rings. The number of amides is 2. The molecular weight excluding hydrogens is 320 g/mol. The summed E-state index contributed by atoms with van der Waals surface area (Å²) < 4.78 is 7.67. The van der Waals surface area contributed by atoms with Crippen LogP contribution in [0.3, 0.4) is 0 Å². The lowest BCUT2D eigenvalue weighted by molar-refractivity contribution is 0.201. The van der Waals surface area contributed by atoms with Crippen molar-refractivity contribution in [2.24, 2.45) is 7.05 Å². The number of pyridine rings is 1. The van der Waals surface area contributed by atoms with E-state index >= 15 is 0 Å². The number of nitrogens with one attached hydrogen (secondary N) is 2. The molecule has 8 nitrogen and oxygen atoms in total. The Bertz CT molecular complexity index is 711. The van der Waals surface area contributed by atoms with Gasteiger partial charge in [0.2, 0.25) is 5.88 Å². The molecule has 0 saturated heterocycles. The van der Waals surface area contributed by atoms with E-state index in [1.807, 2.05) is 26.1 Å². The van der Waals surface area contributed by atoms with Gasteiger partial charge in [0.05, 0.1) is 6.04 Å². The van der Waals surface area contributed by atoms with Crippen LogP contribution in [0.25, 0.3) is 0 Å². The largest absolute Gasteiger partial charge is 0.474 e. The number of rotatable bonds is 6. The van der Waals surface area contributed by atoms with Crippen LogP contribution in [0.15, 0.2) is 24.7 Å². The minimum atomic E-state index is -0.259. The van der Waals surface area contributed by atoms with Gasteiger partial charge in [-0.1, -0.05) is 0 Å². The summed E-state index contributed by atoms with van der Waals surface area (Å²) in [6.07, 6.45) is 8.20. The second kappa shape index (κ2) is 7.96. The zero-order chi connectivity index (χ0) is 17.6. The molecule has 1 aliphatic rings. The van der Waals surface area contributed by atoms with Gasteiger partial charge in [0.1, 0.15) is 12.4 Å². The number of aromatic nitrogens is 4. The monoisotopic (exact) mass is 344 g/mol. The third-order valence-electron chi connectivity index (χ3n) is 4.32. The zero-order valence-corrected chi connectivity index (χ0v) is 14.6. The lowest BCUT2D eigenvalue weighted by atomic mass is 10.2. The zero-order valence-electron chi connectivity index (χ0n) is 14.6. The molecule has 2 N–H and O–H groups in total. The van der Waals surface area contributed by atoms with Gasteiger partial charge in [-0.2, -0.15) is 0 Å². The average molecular weight is 344 g/mol. The van der Waals surface area contributed by atoms with Crippen molar-refractivity contribution in [1.82, 2.24) is 30.4 Å². The molecule has 0 bridgehead atoms. The highest BCUT2D eigenvalue weighted by molar-refractivity contribution is 5.74. The van der Waals surface area contributed by atoms with Crippen LogP contribution in [-0.2, 0) is 13.6 Å². The maximum Gasteiger partial charge on any atom is 0.315 e. The average Bonchev–Trinajstić information content (AvgIpc) is 3.25. The first-order valence-electron chi connectivity index (χ1n) is 8.61. The van der Waals surface area contributed by atoms with Crippen molar-refractivity contribution in [3.8, 4) is 5.88 Å². The van der Waals surface area contributed by atoms with E-state index in [4.69, 9.17) is 4.74 Å². The van der Waals surface area contributed by atoms with E-state index in [1.54, 1.807) is 17.1 Å². The first kappa shape index (κ1) is 17.2. The van der Waals surface area contributed by atoms with Crippen molar-refractivity contribution in [2.75, 3.05) is 0 Å². The van der Waals surface area contributed by atoms with Crippen LogP contribution in [0.1, 0.15) is 50.0 Å². The van der Waals surface area contributed by atoms with Gasteiger partial charge in [-0.15, -0.1) is 10.2 Å². The number of hydrogen-bond donors (Lipinski definition) is 2. The molecule has 1 aliphatic carbocycles. The highest BCUT2D eigenvalue weighted by Crippen LogP contribution is 2.23. The van der Waals surface area contributed by atoms with Crippen LogP contribution >= 0.6 is 0 Å². The van der Waals surface area contributed by atoms with Crippen LogP contribution < -0.4 is 15.4 Å². The van der Waals surface area contributed by atoms with E-state index in [1.165, 1.54) is 12.8 Å². The lowest BCUT2D eigenvalue weighted by Crippen LogP contribution is -2.37.